The molecule has 2 unspecified atom stereocenters. The van der Waals surface area contributed by atoms with Gasteiger partial charge >= 0.3 is 0 Å². The highest BCUT2D eigenvalue weighted by Gasteiger charge is 2.15. The maximum absolute atomic E-state index is 11.7. The molecule has 0 bridgehead atoms. The molecule has 1 aromatic rings. The van der Waals surface area contributed by atoms with Crippen molar-refractivity contribution in [3.63, 3.8) is 0 Å². The maximum atomic E-state index is 11.7. The van der Waals surface area contributed by atoms with Gasteiger partial charge in [-0.15, -0.1) is 11.8 Å². The lowest BCUT2D eigenvalue weighted by Gasteiger charge is -2.16. The molecule has 0 heterocycles. The van der Waals surface area contributed by atoms with Crippen LogP contribution in [0.25, 0.3) is 0 Å². The van der Waals surface area contributed by atoms with Crippen LogP contribution in [0.15, 0.2) is 29.2 Å². The first-order chi connectivity index (χ1) is 8.08. The summed E-state index contributed by atoms with van der Waals surface area (Å²) in [5, 5.41) is 2.99. The van der Waals surface area contributed by atoms with Gasteiger partial charge in [-0.1, -0.05) is 35.0 Å². The molecular weight excluding hydrogens is 298 g/mol. The van der Waals surface area contributed by atoms with E-state index in [0.29, 0.717) is 0 Å². The molecule has 1 aromatic carbocycles. The number of alkyl halides is 1. The van der Waals surface area contributed by atoms with Gasteiger partial charge in [0, 0.05) is 4.90 Å². The second-order valence-electron chi connectivity index (χ2n) is 3.88. The van der Waals surface area contributed by atoms with Gasteiger partial charge in [-0.2, -0.15) is 0 Å². The van der Waals surface area contributed by atoms with E-state index in [4.69, 9.17) is 0 Å². The van der Waals surface area contributed by atoms with Crippen molar-refractivity contribution >= 4 is 33.6 Å². The van der Waals surface area contributed by atoms with Crippen LogP contribution in [0.3, 0.4) is 0 Å². The average molecular weight is 316 g/mol. The highest BCUT2D eigenvalue weighted by Crippen LogP contribution is 2.19. The predicted octanol–water partition coefficient (Wildman–Crippen LogP) is 3.76. The Kier molecular flexibility index (Phi) is 6.06. The molecule has 0 saturated carbocycles. The number of carbonyl (C=O) groups excluding carboxylic acids is 1. The Morgan fingerprint density at radius 3 is 2.47 bits per heavy atom. The molecule has 0 aliphatic rings. The fourth-order valence-corrected chi connectivity index (χ4v) is 2.01. The maximum Gasteiger partial charge on any atom is 0.234 e. The molecular formula is C13H18BrNOS. The van der Waals surface area contributed by atoms with E-state index in [1.807, 2.05) is 13.8 Å². The van der Waals surface area contributed by atoms with Crippen molar-refractivity contribution in [1.29, 1.82) is 0 Å². The minimum absolute atomic E-state index is 0.0463. The lowest BCUT2D eigenvalue weighted by molar-refractivity contribution is -0.121. The van der Waals surface area contributed by atoms with Gasteiger partial charge in [-0.3, -0.25) is 4.79 Å². The third-order valence-corrected chi connectivity index (χ3v) is 4.42. The zero-order valence-corrected chi connectivity index (χ0v) is 12.8. The van der Waals surface area contributed by atoms with Gasteiger partial charge < -0.3 is 5.32 Å². The number of carbonyl (C=O) groups is 1. The Hall–Kier alpha value is -0.480. The van der Waals surface area contributed by atoms with E-state index in [9.17, 15) is 4.79 Å². The van der Waals surface area contributed by atoms with Crippen molar-refractivity contribution in [3.8, 4) is 0 Å². The summed E-state index contributed by atoms with van der Waals surface area (Å²) in [7, 11) is 0. The number of hydrogen-bond donors (Lipinski definition) is 1. The Labute approximate surface area is 116 Å². The molecule has 0 radical (unpaired) electrons. The summed E-state index contributed by atoms with van der Waals surface area (Å²) in [6, 6.07) is 8.32. The molecule has 0 spiro atoms. The third kappa shape index (κ3) is 4.36. The van der Waals surface area contributed by atoms with Gasteiger partial charge in [-0.25, -0.2) is 0 Å². The van der Waals surface area contributed by atoms with E-state index in [0.717, 1.165) is 12.0 Å². The van der Waals surface area contributed by atoms with E-state index in [1.165, 1.54) is 4.90 Å². The molecule has 2 nitrogen and oxygen atoms in total. The van der Waals surface area contributed by atoms with Gasteiger partial charge in [0.05, 0.1) is 10.9 Å². The van der Waals surface area contributed by atoms with Crippen LogP contribution < -0.4 is 5.32 Å². The largest absolute Gasteiger partial charge is 0.349 e. The topological polar surface area (TPSA) is 29.1 Å². The van der Waals surface area contributed by atoms with Crippen molar-refractivity contribution in [3.05, 3.63) is 29.8 Å². The van der Waals surface area contributed by atoms with E-state index >= 15 is 0 Å². The van der Waals surface area contributed by atoms with E-state index in [2.05, 4.69) is 51.8 Å². The molecule has 0 fully saturated rings. The van der Waals surface area contributed by atoms with Crippen molar-refractivity contribution in [2.45, 2.75) is 36.0 Å². The second kappa shape index (κ2) is 7.07. The van der Waals surface area contributed by atoms with E-state index in [-0.39, 0.29) is 16.8 Å². The number of rotatable bonds is 5. The Bertz CT molecular complexity index is 366. The molecule has 94 valence electrons. The Morgan fingerprint density at radius 2 is 2.00 bits per heavy atom. The van der Waals surface area contributed by atoms with Gasteiger partial charge in [0.15, 0.2) is 0 Å². The third-order valence-electron chi connectivity index (χ3n) is 2.62. The highest BCUT2D eigenvalue weighted by atomic mass is 79.9. The molecule has 0 aliphatic heterocycles. The lowest BCUT2D eigenvalue weighted by Crippen LogP contribution is -2.32. The standard InChI is InChI=1S/C13H18BrNOS/c1-4-12(14)13(16)15-9(2)10-5-7-11(17-3)8-6-10/h5-9,12H,4H2,1-3H3,(H,15,16). The van der Waals surface area contributed by atoms with Crippen molar-refractivity contribution in [2.24, 2.45) is 0 Å². The van der Waals surface area contributed by atoms with Crippen LogP contribution in [0.2, 0.25) is 0 Å². The van der Waals surface area contributed by atoms with Crippen molar-refractivity contribution < 1.29 is 4.79 Å². The fraction of sp³-hybridized carbons (Fsp3) is 0.462. The van der Waals surface area contributed by atoms with Gasteiger partial charge in [0.25, 0.3) is 0 Å². The number of amides is 1. The number of nitrogens with one attached hydrogen (secondary N) is 1. The molecule has 2 atom stereocenters. The highest BCUT2D eigenvalue weighted by molar-refractivity contribution is 9.10. The quantitative estimate of drug-likeness (QED) is 0.662. The minimum atomic E-state index is -0.101. The first-order valence-corrected chi connectivity index (χ1v) is 7.81. The molecule has 1 amide bonds. The van der Waals surface area contributed by atoms with Crippen LogP contribution in [0, 0.1) is 0 Å². The summed E-state index contributed by atoms with van der Waals surface area (Å²) in [5.74, 6) is 0.0499. The van der Waals surface area contributed by atoms with Crippen molar-refractivity contribution in [1.82, 2.24) is 5.32 Å². The zero-order valence-electron chi connectivity index (χ0n) is 10.4. The molecule has 0 aliphatic carbocycles. The predicted molar refractivity (Wildman–Crippen MR) is 77.8 cm³/mol. The van der Waals surface area contributed by atoms with E-state index < -0.39 is 0 Å². The molecule has 4 heteroatoms. The molecule has 0 saturated heterocycles. The van der Waals surface area contributed by atoms with Crippen LogP contribution in [-0.4, -0.2) is 17.0 Å². The Balaban J connectivity index is 2.63. The summed E-state index contributed by atoms with van der Waals surface area (Å²) in [4.78, 5) is 12.9. The van der Waals surface area contributed by atoms with E-state index in [1.54, 1.807) is 11.8 Å². The number of thioether (sulfide) groups is 1. The molecule has 0 aromatic heterocycles. The summed E-state index contributed by atoms with van der Waals surface area (Å²) in [6.45, 7) is 3.98. The number of benzene rings is 1. The van der Waals surface area contributed by atoms with Crippen LogP contribution in [-0.2, 0) is 4.79 Å². The van der Waals surface area contributed by atoms with Gasteiger partial charge in [0.2, 0.25) is 5.91 Å². The minimum Gasteiger partial charge on any atom is -0.349 e. The first kappa shape index (κ1) is 14.6. The molecule has 17 heavy (non-hydrogen) atoms. The SMILES string of the molecule is CCC(Br)C(=O)NC(C)c1ccc(SC)cc1. The van der Waals surface area contributed by atoms with Gasteiger partial charge in [-0.05, 0) is 37.3 Å². The molecule has 1 N–H and O–H groups in total. The first-order valence-electron chi connectivity index (χ1n) is 5.66. The number of hydrogen-bond acceptors (Lipinski definition) is 2. The fourth-order valence-electron chi connectivity index (χ4n) is 1.47. The van der Waals surface area contributed by atoms with Crippen LogP contribution in [0.1, 0.15) is 31.9 Å². The van der Waals surface area contributed by atoms with Crippen LogP contribution >= 0.6 is 27.7 Å². The summed E-state index contributed by atoms with van der Waals surface area (Å²) in [6.07, 6.45) is 2.85. The lowest BCUT2D eigenvalue weighted by atomic mass is 10.1. The smallest absolute Gasteiger partial charge is 0.234 e. The van der Waals surface area contributed by atoms with Crippen LogP contribution in [0.5, 0.6) is 0 Å². The Morgan fingerprint density at radius 1 is 1.41 bits per heavy atom. The summed E-state index contributed by atoms with van der Waals surface area (Å²) >= 11 is 5.07. The average Bonchev–Trinajstić information content (AvgIpc) is 2.37. The molecule has 1 rings (SSSR count). The van der Waals surface area contributed by atoms with Gasteiger partial charge in [0.1, 0.15) is 0 Å². The zero-order chi connectivity index (χ0) is 12.8. The van der Waals surface area contributed by atoms with Crippen LogP contribution in [0.4, 0.5) is 0 Å². The monoisotopic (exact) mass is 315 g/mol. The normalized spacial score (nSPS) is 14.1. The summed E-state index contributed by atoms with van der Waals surface area (Å²) < 4.78 is 0. The summed E-state index contributed by atoms with van der Waals surface area (Å²) in [5.41, 5.74) is 1.13. The number of halogens is 1. The second-order valence-corrected chi connectivity index (χ2v) is 5.86. The van der Waals surface area contributed by atoms with Crippen molar-refractivity contribution in [2.75, 3.05) is 6.26 Å².